The third kappa shape index (κ3) is 5.07. The lowest BCUT2D eigenvalue weighted by Gasteiger charge is -2.41. The summed E-state index contributed by atoms with van der Waals surface area (Å²) < 4.78 is 20.8. The van der Waals surface area contributed by atoms with Crippen LogP contribution in [0.2, 0.25) is 0 Å². The van der Waals surface area contributed by atoms with E-state index in [0.717, 1.165) is 0 Å². The summed E-state index contributed by atoms with van der Waals surface area (Å²) in [6.07, 6.45) is -10.2. The summed E-state index contributed by atoms with van der Waals surface area (Å²) in [5, 5.41) is 113. The summed E-state index contributed by atoms with van der Waals surface area (Å²) in [7, 11) is 0. The average Bonchev–Trinajstić information content (AvgIpc) is 2.99. The first kappa shape index (κ1) is 30.6. The molecule has 0 spiro atoms. The summed E-state index contributed by atoms with van der Waals surface area (Å²) in [4.78, 5) is 39.4. The van der Waals surface area contributed by atoms with Crippen LogP contribution in [0.5, 0.6) is 51.7 Å². The van der Waals surface area contributed by atoms with E-state index in [4.69, 9.17) is 18.9 Å². The molecular weight excluding hydrogens is 612 g/mol. The molecule has 3 aromatic rings. The SMILES string of the molecule is O=C(O[C@@H]1[C@@H](O)[C@@H]2OC(=O)c3cc(O)c(O)c(O)c3-c3c(cc(O)c(O)c3O)C(=O)OC[C@@H](O2)[C@H]1O)c1cc(O)c(O)c(O)c1. The van der Waals surface area contributed by atoms with Gasteiger partial charge in [-0.1, -0.05) is 0 Å². The van der Waals surface area contributed by atoms with E-state index in [0.29, 0.717) is 24.3 Å². The molecule has 2 aliphatic heterocycles. The molecule has 0 amide bonds. The van der Waals surface area contributed by atoms with Crippen LogP contribution in [0, 0.1) is 0 Å². The number of aliphatic hydroxyl groups is 2. The Bertz CT molecular complexity index is 1730. The number of esters is 3. The van der Waals surface area contributed by atoms with E-state index < -0.39 is 135 Å². The Kier molecular flexibility index (Phi) is 7.49. The molecule has 0 aromatic heterocycles. The van der Waals surface area contributed by atoms with Crippen molar-refractivity contribution in [3.05, 3.63) is 41.0 Å². The first-order valence-electron chi connectivity index (χ1n) is 12.5. The zero-order chi connectivity index (χ0) is 33.1. The number of ether oxygens (including phenoxy) is 4. The number of fused-ring (bicyclic) bond motifs is 5. The summed E-state index contributed by atoms with van der Waals surface area (Å²) in [6.45, 7) is -0.947. The second-order valence-electron chi connectivity index (χ2n) is 9.79. The highest BCUT2D eigenvalue weighted by molar-refractivity contribution is 6.08. The van der Waals surface area contributed by atoms with Gasteiger partial charge in [0.1, 0.15) is 18.8 Å². The maximum absolute atomic E-state index is 13.4. The Balaban J connectivity index is 1.61. The highest BCUT2D eigenvalue weighted by Crippen LogP contribution is 2.52. The van der Waals surface area contributed by atoms with Crippen LogP contribution in [-0.4, -0.2) is 111 Å². The topological polar surface area (TPSA) is 311 Å². The lowest BCUT2D eigenvalue weighted by atomic mass is 9.91. The minimum absolute atomic E-state index is 0.514. The molecule has 0 saturated carbocycles. The Hall–Kier alpha value is -5.85. The molecule has 2 bridgehead atoms. The number of cyclic esters (lactones) is 1. The molecule has 18 heteroatoms. The van der Waals surface area contributed by atoms with Gasteiger partial charge in [0, 0.05) is 11.1 Å². The number of rotatable bonds is 2. The van der Waals surface area contributed by atoms with Gasteiger partial charge in [0.25, 0.3) is 0 Å². The van der Waals surface area contributed by atoms with Crippen molar-refractivity contribution in [3.8, 4) is 62.9 Å². The van der Waals surface area contributed by atoms with Gasteiger partial charge in [0.15, 0.2) is 52.5 Å². The van der Waals surface area contributed by atoms with Crippen molar-refractivity contribution in [2.75, 3.05) is 6.61 Å². The van der Waals surface area contributed by atoms with Crippen molar-refractivity contribution in [2.45, 2.75) is 30.7 Å². The van der Waals surface area contributed by atoms with Crippen LogP contribution in [-0.2, 0) is 18.9 Å². The van der Waals surface area contributed by atoms with E-state index in [2.05, 4.69) is 0 Å². The Morgan fingerprint density at radius 2 is 1.16 bits per heavy atom. The summed E-state index contributed by atoms with van der Waals surface area (Å²) >= 11 is 0. The average molecular weight is 634 g/mol. The molecule has 1 saturated heterocycles. The van der Waals surface area contributed by atoms with Crippen molar-refractivity contribution < 1.29 is 89.5 Å². The van der Waals surface area contributed by atoms with E-state index in [1.165, 1.54) is 0 Å². The van der Waals surface area contributed by atoms with Crippen LogP contribution in [0.3, 0.4) is 0 Å². The fourth-order valence-electron chi connectivity index (χ4n) is 4.71. The molecule has 5 atom stereocenters. The molecule has 238 valence electrons. The molecule has 18 nitrogen and oxygen atoms in total. The molecule has 5 rings (SSSR count). The highest BCUT2D eigenvalue weighted by Gasteiger charge is 2.50. The van der Waals surface area contributed by atoms with Crippen LogP contribution in [0.4, 0.5) is 0 Å². The first-order chi connectivity index (χ1) is 21.1. The minimum atomic E-state index is -2.22. The number of aromatic hydroxyl groups is 9. The van der Waals surface area contributed by atoms with E-state index in [1.54, 1.807) is 0 Å². The van der Waals surface area contributed by atoms with E-state index in [-0.39, 0.29) is 0 Å². The van der Waals surface area contributed by atoms with Crippen molar-refractivity contribution in [2.24, 2.45) is 0 Å². The van der Waals surface area contributed by atoms with Gasteiger partial charge in [-0.05, 0) is 24.3 Å². The minimum Gasteiger partial charge on any atom is -0.504 e. The normalized spacial score (nSPS) is 22.9. The van der Waals surface area contributed by atoms with Crippen LogP contribution in [0.25, 0.3) is 11.1 Å². The predicted molar refractivity (Wildman–Crippen MR) is 139 cm³/mol. The van der Waals surface area contributed by atoms with Crippen LogP contribution in [0.1, 0.15) is 31.1 Å². The lowest BCUT2D eigenvalue weighted by molar-refractivity contribution is -0.284. The van der Waals surface area contributed by atoms with Crippen LogP contribution >= 0.6 is 0 Å². The monoisotopic (exact) mass is 634 g/mol. The number of hydrogen-bond acceptors (Lipinski definition) is 18. The van der Waals surface area contributed by atoms with Gasteiger partial charge in [-0.15, -0.1) is 0 Å². The van der Waals surface area contributed by atoms with Gasteiger partial charge in [-0.2, -0.15) is 0 Å². The molecule has 0 unspecified atom stereocenters. The Morgan fingerprint density at radius 1 is 0.667 bits per heavy atom. The van der Waals surface area contributed by atoms with Crippen LogP contribution < -0.4 is 0 Å². The summed E-state index contributed by atoms with van der Waals surface area (Å²) in [5.74, 6) is -14.5. The number of aliphatic hydroxyl groups excluding tert-OH is 2. The molecule has 1 fully saturated rings. The molecule has 2 aliphatic rings. The zero-order valence-electron chi connectivity index (χ0n) is 22.2. The molecular formula is C27H22O18. The van der Waals surface area contributed by atoms with Gasteiger partial charge in [0.2, 0.25) is 17.8 Å². The largest absolute Gasteiger partial charge is 0.504 e. The first-order valence-corrected chi connectivity index (χ1v) is 12.5. The number of phenolic OH excluding ortho intramolecular Hbond substituents is 9. The van der Waals surface area contributed by atoms with Crippen molar-refractivity contribution in [1.29, 1.82) is 0 Å². The van der Waals surface area contributed by atoms with Crippen LogP contribution in [0.15, 0.2) is 24.3 Å². The second-order valence-corrected chi connectivity index (χ2v) is 9.79. The number of carbonyl (C=O) groups is 3. The smallest absolute Gasteiger partial charge is 0.341 e. The maximum Gasteiger partial charge on any atom is 0.341 e. The van der Waals surface area contributed by atoms with Crippen molar-refractivity contribution in [1.82, 2.24) is 0 Å². The van der Waals surface area contributed by atoms with Crippen molar-refractivity contribution in [3.63, 3.8) is 0 Å². The highest BCUT2D eigenvalue weighted by atomic mass is 16.7. The van der Waals surface area contributed by atoms with Crippen molar-refractivity contribution >= 4 is 17.9 Å². The Labute approximate surface area is 248 Å². The second kappa shape index (κ2) is 11.0. The summed E-state index contributed by atoms with van der Waals surface area (Å²) in [6, 6.07) is 2.45. The number of hydrogen-bond donors (Lipinski definition) is 11. The molecule has 3 aromatic carbocycles. The quantitative estimate of drug-likeness (QED) is 0.0979. The van der Waals surface area contributed by atoms with Gasteiger partial charge >= 0.3 is 17.9 Å². The molecule has 0 radical (unpaired) electrons. The lowest BCUT2D eigenvalue weighted by Crippen LogP contribution is -2.61. The predicted octanol–water partition coefficient (Wildman–Crippen LogP) is -0.297. The number of carbonyl (C=O) groups excluding carboxylic acids is 3. The molecule has 45 heavy (non-hydrogen) atoms. The van der Waals surface area contributed by atoms with E-state index >= 15 is 0 Å². The third-order valence-electron chi connectivity index (χ3n) is 6.99. The number of phenols is 9. The fourth-order valence-corrected chi connectivity index (χ4v) is 4.71. The van der Waals surface area contributed by atoms with E-state index in [9.17, 15) is 70.6 Å². The molecule has 2 heterocycles. The van der Waals surface area contributed by atoms with Gasteiger partial charge in [-0.3, -0.25) is 0 Å². The van der Waals surface area contributed by atoms with Gasteiger partial charge in [-0.25, -0.2) is 14.4 Å². The number of benzene rings is 3. The van der Waals surface area contributed by atoms with E-state index in [1.807, 2.05) is 0 Å². The standard InChI is InChI=1S/C27H22O18/c28-9-1-6(2-10(29)16(9)32)24(39)44-23-19(35)13-5-42-25(40)7-3-11(30)17(33)20(36)14(7)15-8(4-12(31)18(34)21(15)37)26(41)45-27(43-13)22(23)38/h1-4,13,19,22-23,27-38H,5H2/t13-,19-,22-,23+,27+/m1/s1. The molecule has 11 N–H and O–H groups in total. The zero-order valence-corrected chi connectivity index (χ0v) is 22.2. The summed E-state index contributed by atoms with van der Waals surface area (Å²) in [5.41, 5.74) is -4.12. The van der Waals surface area contributed by atoms with Gasteiger partial charge < -0.3 is 75.1 Å². The molecule has 0 aliphatic carbocycles. The third-order valence-corrected chi connectivity index (χ3v) is 6.99. The van der Waals surface area contributed by atoms with Gasteiger partial charge in [0.05, 0.1) is 16.7 Å². The fraction of sp³-hybridized carbons (Fsp3) is 0.222. The maximum atomic E-state index is 13.4. The Morgan fingerprint density at radius 3 is 1.69 bits per heavy atom.